The second-order valence-corrected chi connectivity index (χ2v) is 5.10. The molecule has 1 aromatic rings. The van der Waals surface area contributed by atoms with Crippen molar-refractivity contribution >= 4 is 5.91 Å². The molecule has 5 heteroatoms. The zero-order chi connectivity index (χ0) is 14.0. The lowest BCUT2D eigenvalue weighted by Crippen LogP contribution is -2.49. The summed E-state index contributed by atoms with van der Waals surface area (Å²) in [6.07, 6.45) is 0. The van der Waals surface area contributed by atoms with Gasteiger partial charge in [-0.25, -0.2) is 8.78 Å². The first-order valence-electron chi connectivity index (χ1n) is 6.45. The highest BCUT2D eigenvalue weighted by molar-refractivity contribution is 5.79. The van der Waals surface area contributed by atoms with Gasteiger partial charge < -0.3 is 10.6 Å². The van der Waals surface area contributed by atoms with Crippen LogP contribution in [-0.2, 0) is 4.79 Å². The molecule has 104 valence electrons. The molecular formula is C14H18F2N2O. The Bertz CT molecular complexity index is 475. The predicted molar refractivity (Wildman–Crippen MR) is 68.4 cm³/mol. The molecule has 0 aromatic heterocycles. The minimum absolute atomic E-state index is 0.123. The third-order valence-electron chi connectivity index (χ3n) is 3.72. The van der Waals surface area contributed by atoms with Gasteiger partial charge in [-0.3, -0.25) is 4.79 Å². The monoisotopic (exact) mass is 268 g/mol. The molecule has 1 amide bonds. The van der Waals surface area contributed by atoms with Crippen molar-refractivity contribution in [2.75, 3.05) is 13.1 Å². The summed E-state index contributed by atoms with van der Waals surface area (Å²) in [5.41, 5.74) is 0.173. The number of carbonyl (C=O) groups is 1. The van der Waals surface area contributed by atoms with Crippen LogP contribution in [0.1, 0.15) is 25.5 Å². The fourth-order valence-electron chi connectivity index (χ4n) is 2.15. The van der Waals surface area contributed by atoms with E-state index in [1.54, 1.807) is 6.92 Å². The maximum Gasteiger partial charge on any atom is 0.223 e. The lowest BCUT2D eigenvalue weighted by Gasteiger charge is -2.32. The number of benzene rings is 1. The summed E-state index contributed by atoms with van der Waals surface area (Å²) in [5, 5.41) is 5.85. The molecule has 0 aliphatic carbocycles. The topological polar surface area (TPSA) is 41.1 Å². The summed E-state index contributed by atoms with van der Waals surface area (Å²) in [4.78, 5) is 12.0. The Morgan fingerprint density at radius 2 is 2.05 bits per heavy atom. The molecule has 2 N–H and O–H groups in total. The van der Waals surface area contributed by atoms with E-state index < -0.39 is 17.7 Å². The maximum absolute atomic E-state index is 13.6. The van der Waals surface area contributed by atoms with E-state index in [2.05, 4.69) is 10.6 Å². The van der Waals surface area contributed by atoms with Gasteiger partial charge in [0.25, 0.3) is 0 Å². The van der Waals surface area contributed by atoms with Crippen LogP contribution in [0.15, 0.2) is 18.2 Å². The highest BCUT2D eigenvalue weighted by Crippen LogP contribution is 2.21. The molecule has 1 aromatic carbocycles. The van der Waals surface area contributed by atoms with Gasteiger partial charge in [-0.05, 0) is 44.1 Å². The Labute approximate surface area is 111 Å². The Morgan fingerprint density at radius 1 is 1.37 bits per heavy atom. The van der Waals surface area contributed by atoms with Gasteiger partial charge in [-0.2, -0.15) is 0 Å². The van der Waals surface area contributed by atoms with Crippen LogP contribution in [-0.4, -0.2) is 19.0 Å². The molecule has 0 radical (unpaired) electrons. The van der Waals surface area contributed by atoms with Crippen molar-refractivity contribution in [1.29, 1.82) is 0 Å². The highest BCUT2D eigenvalue weighted by Gasteiger charge is 2.29. The van der Waals surface area contributed by atoms with Crippen LogP contribution in [0.5, 0.6) is 0 Å². The van der Waals surface area contributed by atoms with Crippen LogP contribution in [0.4, 0.5) is 8.78 Å². The fraction of sp³-hybridized carbons (Fsp3) is 0.500. The standard InChI is InChI=1S/C14H18F2N2O/c1-8(10-6-17-7-10)14(19)18-9(2)12-5-11(15)3-4-13(12)16/h3-5,8-10,17H,6-7H2,1-2H3,(H,18,19). The number of amides is 1. The van der Waals surface area contributed by atoms with Gasteiger partial charge in [0.2, 0.25) is 5.91 Å². The summed E-state index contributed by atoms with van der Waals surface area (Å²) in [5.74, 6) is -0.937. The summed E-state index contributed by atoms with van der Waals surface area (Å²) in [6.45, 7) is 5.17. The number of hydrogen-bond acceptors (Lipinski definition) is 2. The minimum atomic E-state index is -0.543. The Hall–Kier alpha value is -1.49. The lowest BCUT2D eigenvalue weighted by molar-refractivity contribution is -0.127. The molecule has 3 nitrogen and oxygen atoms in total. The molecule has 1 saturated heterocycles. The molecule has 1 heterocycles. The first-order chi connectivity index (χ1) is 8.99. The molecule has 0 spiro atoms. The molecular weight excluding hydrogens is 250 g/mol. The number of nitrogens with one attached hydrogen (secondary N) is 2. The largest absolute Gasteiger partial charge is 0.349 e. The Kier molecular flexibility index (Phi) is 4.14. The zero-order valence-corrected chi connectivity index (χ0v) is 11.0. The third kappa shape index (κ3) is 3.10. The van der Waals surface area contributed by atoms with E-state index >= 15 is 0 Å². The summed E-state index contributed by atoms with van der Waals surface area (Å²) < 4.78 is 26.7. The van der Waals surface area contributed by atoms with Crippen molar-refractivity contribution in [3.05, 3.63) is 35.4 Å². The van der Waals surface area contributed by atoms with E-state index in [9.17, 15) is 13.6 Å². The second kappa shape index (κ2) is 5.65. The van der Waals surface area contributed by atoms with Crippen molar-refractivity contribution in [2.24, 2.45) is 11.8 Å². The van der Waals surface area contributed by atoms with Crippen molar-refractivity contribution in [1.82, 2.24) is 10.6 Å². The first-order valence-corrected chi connectivity index (χ1v) is 6.45. The highest BCUT2D eigenvalue weighted by atomic mass is 19.1. The summed E-state index contributed by atoms with van der Waals surface area (Å²) in [6, 6.07) is 2.72. The van der Waals surface area contributed by atoms with Gasteiger partial charge >= 0.3 is 0 Å². The quantitative estimate of drug-likeness (QED) is 0.877. The molecule has 1 aliphatic heterocycles. The van der Waals surface area contributed by atoms with Gasteiger partial charge in [-0.15, -0.1) is 0 Å². The van der Waals surface area contributed by atoms with E-state index in [0.29, 0.717) is 5.92 Å². The number of rotatable bonds is 4. The van der Waals surface area contributed by atoms with E-state index in [4.69, 9.17) is 0 Å². The Morgan fingerprint density at radius 3 is 2.63 bits per heavy atom. The van der Waals surface area contributed by atoms with E-state index in [1.807, 2.05) is 6.92 Å². The average molecular weight is 268 g/mol. The second-order valence-electron chi connectivity index (χ2n) is 5.10. The summed E-state index contributed by atoms with van der Waals surface area (Å²) in [7, 11) is 0. The third-order valence-corrected chi connectivity index (χ3v) is 3.72. The summed E-state index contributed by atoms with van der Waals surface area (Å²) >= 11 is 0. The number of carbonyl (C=O) groups excluding carboxylic acids is 1. The van der Waals surface area contributed by atoms with Gasteiger partial charge in [0.05, 0.1) is 6.04 Å². The molecule has 0 bridgehead atoms. The van der Waals surface area contributed by atoms with Crippen LogP contribution < -0.4 is 10.6 Å². The zero-order valence-electron chi connectivity index (χ0n) is 11.0. The SMILES string of the molecule is CC(NC(=O)C(C)C1CNC1)c1cc(F)ccc1F. The molecule has 1 fully saturated rings. The van der Waals surface area contributed by atoms with Crippen LogP contribution in [0, 0.1) is 23.5 Å². The van der Waals surface area contributed by atoms with Crippen LogP contribution in [0.3, 0.4) is 0 Å². The molecule has 0 saturated carbocycles. The van der Waals surface area contributed by atoms with E-state index in [0.717, 1.165) is 31.3 Å². The molecule has 1 aliphatic rings. The lowest BCUT2D eigenvalue weighted by atomic mass is 9.88. The fourth-order valence-corrected chi connectivity index (χ4v) is 2.15. The van der Waals surface area contributed by atoms with Crippen molar-refractivity contribution in [2.45, 2.75) is 19.9 Å². The minimum Gasteiger partial charge on any atom is -0.349 e. The van der Waals surface area contributed by atoms with Crippen molar-refractivity contribution in [3.63, 3.8) is 0 Å². The Balaban J connectivity index is 2.01. The molecule has 2 rings (SSSR count). The van der Waals surface area contributed by atoms with Crippen molar-refractivity contribution in [3.8, 4) is 0 Å². The predicted octanol–water partition coefficient (Wildman–Crippen LogP) is 2.00. The van der Waals surface area contributed by atoms with Gasteiger partial charge in [-0.1, -0.05) is 6.92 Å². The number of halogens is 2. The van der Waals surface area contributed by atoms with Gasteiger partial charge in [0, 0.05) is 11.5 Å². The van der Waals surface area contributed by atoms with Crippen LogP contribution >= 0.6 is 0 Å². The van der Waals surface area contributed by atoms with Crippen molar-refractivity contribution < 1.29 is 13.6 Å². The number of hydrogen-bond donors (Lipinski definition) is 2. The smallest absolute Gasteiger partial charge is 0.223 e. The van der Waals surface area contributed by atoms with Gasteiger partial charge in [0.15, 0.2) is 0 Å². The van der Waals surface area contributed by atoms with Crippen LogP contribution in [0.25, 0.3) is 0 Å². The normalized spacial score (nSPS) is 18.5. The van der Waals surface area contributed by atoms with E-state index in [-0.39, 0.29) is 17.4 Å². The average Bonchev–Trinajstić information content (AvgIpc) is 2.29. The van der Waals surface area contributed by atoms with Crippen LogP contribution in [0.2, 0.25) is 0 Å². The maximum atomic E-state index is 13.6. The van der Waals surface area contributed by atoms with Gasteiger partial charge in [0.1, 0.15) is 11.6 Å². The first kappa shape index (κ1) is 13.9. The molecule has 2 unspecified atom stereocenters. The molecule has 2 atom stereocenters. The van der Waals surface area contributed by atoms with E-state index in [1.165, 1.54) is 0 Å². The molecule has 19 heavy (non-hydrogen) atoms.